The molecule has 1 unspecified atom stereocenters. The summed E-state index contributed by atoms with van der Waals surface area (Å²) in [4.78, 5) is 15.2. The second-order valence-electron chi connectivity index (χ2n) is 4.09. The van der Waals surface area contributed by atoms with Gasteiger partial charge in [-0.3, -0.25) is 9.78 Å². The van der Waals surface area contributed by atoms with Crippen LogP contribution in [0.25, 0.3) is 10.9 Å². The molecule has 17 heavy (non-hydrogen) atoms. The molecule has 0 bridgehead atoms. The van der Waals surface area contributed by atoms with Crippen molar-refractivity contribution in [1.82, 2.24) is 4.98 Å². The molecule has 1 aromatic carbocycles. The Morgan fingerprint density at radius 2 is 2.12 bits per heavy atom. The van der Waals surface area contributed by atoms with E-state index in [0.717, 1.165) is 10.9 Å². The summed E-state index contributed by atoms with van der Waals surface area (Å²) < 4.78 is 13.1. The molecule has 1 heterocycles. The van der Waals surface area contributed by atoms with Crippen molar-refractivity contribution in [3.63, 3.8) is 0 Å². The molecule has 3 nitrogen and oxygen atoms in total. The van der Waals surface area contributed by atoms with Gasteiger partial charge in [-0.05, 0) is 37.6 Å². The Kier molecular flexibility index (Phi) is 2.79. The van der Waals surface area contributed by atoms with E-state index in [9.17, 15) is 9.18 Å². The van der Waals surface area contributed by atoms with Crippen LogP contribution in [0.4, 0.5) is 4.39 Å². The van der Waals surface area contributed by atoms with Crippen molar-refractivity contribution in [2.24, 2.45) is 0 Å². The van der Waals surface area contributed by atoms with Crippen LogP contribution in [0, 0.1) is 12.7 Å². The van der Waals surface area contributed by atoms with Crippen molar-refractivity contribution in [2.75, 3.05) is 0 Å². The van der Waals surface area contributed by atoms with Crippen LogP contribution in [0.1, 0.15) is 24.1 Å². The molecular formula is C13H12FNO2. The lowest BCUT2D eigenvalue weighted by molar-refractivity contribution is -0.138. The van der Waals surface area contributed by atoms with Crippen LogP contribution in [0.2, 0.25) is 0 Å². The van der Waals surface area contributed by atoms with E-state index in [4.69, 9.17) is 5.11 Å². The highest BCUT2D eigenvalue weighted by Gasteiger charge is 2.18. The lowest BCUT2D eigenvalue weighted by Gasteiger charge is -2.10. The summed E-state index contributed by atoms with van der Waals surface area (Å²) in [5.41, 5.74) is 1.77. The van der Waals surface area contributed by atoms with Gasteiger partial charge in [0.25, 0.3) is 0 Å². The van der Waals surface area contributed by atoms with Gasteiger partial charge in [-0.2, -0.15) is 0 Å². The highest BCUT2D eigenvalue weighted by Crippen LogP contribution is 2.23. The van der Waals surface area contributed by atoms with Gasteiger partial charge in [0.2, 0.25) is 0 Å². The molecule has 0 aliphatic rings. The molecule has 0 spiro atoms. The number of aryl methyl sites for hydroxylation is 1. The number of carboxylic acids is 1. The molecule has 0 saturated carbocycles. The van der Waals surface area contributed by atoms with Gasteiger partial charge in [-0.25, -0.2) is 4.39 Å². The first-order valence-electron chi connectivity index (χ1n) is 5.28. The average molecular weight is 233 g/mol. The van der Waals surface area contributed by atoms with Gasteiger partial charge >= 0.3 is 5.97 Å². The Balaban J connectivity index is 2.65. The van der Waals surface area contributed by atoms with Crippen LogP contribution >= 0.6 is 0 Å². The van der Waals surface area contributed by atoms with Crippen LogP contribution < -0.4 is 0 Å². The second kappa shape index (κ2) is 4.13. The highest BCUT2D eigenvalue weighted by atomic mass is 19.1. The van der Waals surface area contributed by atoms with Crippen LogP contribution in [0.15, 0.2) is 24.3 Å². The standard InChI is InChI=1S/C13H12FNO2/c1-7-5-9-3-4-10(14)6-11(9)15-12(7)8(2)13(16)17/h3-6,8H,1-2H3,(H,16,17). The number of aromatic nitrogens is 1. The van der Waals surface area contributed by atoms with E-state index in [1.165, 1.54) is 12.1 Å². The first-order valence-corrected chi connectivity index (χ1v) is 5.28. The number of benzene rings is 1. The largest absolute Gasteiger partial charge is 0.481 e. The number of carboxylic acid groups (broad SMARTS) is 1. The molecule has 0 saturated heterocycles. The number of rotatable bonds is 2. The maximum Gasteiger partial charge on any atom is 0.312 e. The van der Waals surface area contributed by atoms with E-state index in [-0.39, 0.29) is 5.82 Å². The zero-order valence-corrected chi connectivity index (χ0v) is 9.57. The van der Waals surface area contributed by atoms with E-state index in [1.807, 2.05) is 13.0 Å². The van der Waals surface area contributed by atoms with Crippen LogP contribution in [0.3, 0.4) is 0 Å². The molecule has 4 heteroatoms. The Morgan fingerprint density at radius 3 is 2.76 bits per heavy atom. The molecule has 2 rings (SSSR count). The van der Waals surface area contributed by atoms with Crippen LogP contribution in [0.5, 0.6) is 0 Å². The van der Waals surface area contributed by atoms with Gasteiger partial charge in [0.15, 0.2) is 0 Å². The van der Waals surface area contributed by atoms with E-state index < -0.39 is 11.9 Å². The minimum atomic E-state index is -0.934. The average Bonchev–Trinajstić information content (AvgIpc) is 2.27. The molecule has 1 aromatic heterocycles. The van der Waals surface area contributed by atoms with Crippen LogP contribution in [-0.4, -0.2) is 16.1 Å². The number of pyridine rings is 1. The van der Waals surface area contributed by atoms with Crippen molar-refractivity contribution in [2.45, 2.75) is 19.8 Å². The third-order valence-electron chi connectivity index (χ3n) is 2.79. The maximum atomic E-state index is 13.1. The minimum Gasteiger partial charge on any atom is -0.481 e. The molecule has 2 aromatic rings. The predicted octanol–water partition coefficient (Wildman–Crippen LogP) is 2.87. The van der Waals surface area contributed by atoms with Gasteiger partial charge < -0.3 is 5.11 Å². The quantitative estimate of drug-likeness (QED) is 0.867. The molecule has 0 aliphatic heterocycles. The second-order valence-corrected chi connectivity index (χ2v) is 4.09. The zero-order chi connectivity index (χ0) is 12.6. The predicted molar refractivity (Wildman–Crippen MR) is 62.5 cm³/mol. The SMILES string of the molecule is Cc1cc2ccc(F)cc2nc1C(C)C(=O)O. The fourth-order valence-corrected chi connectivity index (χ4v) is 1.82. The number of aliphatic carboxylic acids is 1. The van der Waals surface area contributed by atoms with Crippen LogP contribution in [-0.2, 0) is 4.79 Å². The summed E-state index contributed by atoms with van der Waals surface area (Å²) >= 11 is 0. The lowest BCUT2D eigenvalue weighted by Crippen LogP contribution is -2.11. The van der Waals surface area contributed by atoms with Crippen molar-refractivity contribution in [1.29, 1.82) is 0 Å². The fraction of sp³-hybridized carbons (Fsp3) is 0.231. The zero-order valence-electron chi connectivity index (χ0n) is 9.57. The van der Waals surface area contributed by atoms with Gasteiger partial charge in [-0.1, -0.05) is 0 Å². The Morgan fingerprint density at radius 1 is 1.41 bits per heavy atom. The fourth-order valence-electron chi connectivity index (χ4n) is 1.82. The van der Waals surface area contributed by atoms with Gasteiger partial charge in [-0.15, -0.1) is 0 Å². The van der Waals surface area contributed by atoms with Gasteiger partial charge in [0.1, 0.15) is 5.82 Å². The summed E-state index contributed by atoms with van der Waals surface area (Å²) in [7, 11) is 0. The molecule has 0 radical (unpaired) electrons. The monoisotopic (exact) mass is 233 g/mol. The van der Waals surface area contributed by atoms with Crippen molar-refractivity contribution >= 4 is 16.9 Å². The Hall–Kier alpha value is -1.97. The number of nitrogens with zero attached hydrogens (tertiary/aromatic N) is 1. The third-order valence-corrected chi connectivity index (χ3v) is 2.79. The molecule has 1 atom stereocenters. The van der Waals surface area contributed by atoms with Crippen molar-refractivity contribution in [3.05, 3.63) is 41.3 Å². The van der Waals surface area contributed by atoms with E-state index >= 15 is 0 Å². The minimum absolute atomic E-state index is 0.372. The van der Waals surface area contributed by atoms with E-state index in [1.54, 1.807) is 13.0 Å². The number of fused-ring (bicyclic) bond motifs is 1. The number of halogens is 1. The summed E-state index contributed by atoms with van der Waals surface area (Å²) in [6.45, 7) is 3.38. The summed E-state index contributed by atoms with van der Waals surface area (Å²) in [6.07, 6.45) is 0. The summed E-state index contributed by atoms with van der Waals surface area (Å²) in [5, 5.41) is 9.78. The molecule has 0 fully saturated rings. The Bertz CT molecular complexity index is 595. The smallest absolute Gasteiger partial charge is 0.312 e. The molecular weight excluding hydrogens is 221 g/mol. The van der Waals surface area contributed by atoms with Crippen molar-refractivity contribution in [3.8, 4) is 0 Å². The number of carbonyl (C=O) groups is 1. The van der Waals surface area contributed by atoms with E-state index in [2.05, 4.69) is 4.98 Å². The molecule has 0 aliphatic carbocycles. The molecule has 88 valence electrons. The first kappa shape index (κ1) is 11.5. The third kappa shape index (κ3) is 2.11. The first-order chi connectivity index (χ1) is 7.99. The summed E-state index contributed by atoms with van der Waals surface area (Å²) in [6, 6.07) is 6.15. The van der Waals surface area contributed by atoms with E-state index in [0.29, 0.717) is 11.2 Å². The van der Waals surface area contributed by atoms with Gasteiger partial charge in [0.05, 0.1) is 17.1 Å². The maximum absolute atomic E-state index is 13.1. The highest BCUT2D eigenvalue weighted by molar-refractivity contribution is 5.82. The normalized spacial score (nSPS) is 12.6. The Labute approximate surface area is 97.9 Å². The number of hydrogen-bond donors (Lipinski definition) is 1. The van der Waals surface area contributed by atoms with Crippen molar-refractivity contribution < 1.29 is 14.3 Å². The number of hydrogen-bond acceptors (Lipinski definition) is 2. The van der Waals surface area contributed by atoms with Gasteiger partial charge in [0, 0.05) is 11.5 Å². The topological polar surface area (TPSA) is 50.2 Å². The summed E-state index contributed by atoms with van der Waals surface area (Å²) in [5.74, 6) is -2.00. The molecule has 1 N–H and O–H groups in total. The lowest BCUT2D eigenvalue weighted by atomic mass is 10.0. The molecule has 0 amide bonds.